The predicted octanol–water partition coefficient (Wildman–Crippen LogP) is 1.09. The molecule has 0 saturated heterocycles. The summed E-state index contributed by atoms with van der Waals surface area (Å²) < 4.78 is 75.9. The molecule has 0 bridgehead atoms. The number of nitrogens with one attached hydrogen (secondary N) is 1. The van der Waals surface area contributed by atoms with Crippen LogP contribution in [0.1, 0.15) is 6.92 Å². The van der Waals surface area contributed by atoms with Crippen molar-refractivity contribution in [1.82, 2.24) is 5.32 Å². The Bertz CT molecular complexity index is 352. The Morgan fingerprint density at radius 1 is 1.16 bits per heavy atom. The van der Waals surface area contributed by atoms with E-state index >= 15 is 0 Å². The summed E-state index contributed by atoms with van der Waals surface area (Å²) in [6.45, 7) is -3.02. The van der Waals surface area contributed by atoms with Gasteiger partial charge in [0.25, 0.3) is 0 Å². The third-order valence-corrected chi connectivity index (χ3v) is 1.88. The number of aliphatic carboxylic acids is 1. The molecule has 19 heavy (non-hydrogen) atoms. The second-order valence-electron chi connectivity index (χ2n) is 3.58. The van der Waals surface area contributed by atoms with Crippen LogP contribution in [0.25, 0.3) is 0 Å². The highest BCUT2D eigenvalue weighted by Gasteiger charge is 2.58. The Labute approximate surface area is 102 Å². The molecule has 0 saturated carbocycles. The summed E-state index contributed by atoms with van der Waals surface area (Å²) in [5.74, 6) is -4.03. The largest absolute Gasteiger partial charge is 0.479 e. The van der Waals surface area contributed by atoms with Gasteiger partial charge in [0.2, 0.25) is 11.4 Å². The number of carbonyl (C=O) groups is 2. The molecule has 0 aliphatic heterocycles. The van der Waals surface area contributed by atoms with Gasteiger partial charge in [0, 0.05) is 0 Å². The molecule has 0 radical (unpaired) electrons. The Hall–Kier alpha value is -1.52. The highest BCUT2D eigenvalue weighted by atomic mass is 19.4. The van der Waals surface area contributed by atoms with Crippen molar-refractivity contribution in [2.24, 2.45) is 0 Å². The van der Waals surface area contributed by atoms with E-state index in [1.807, 2.05) is 0 Å². The maximum absolute atomic E-state index is 12.4. The molecular weight excluding hydrogens is 288 g/mol. The third kappa shape index (κ3) is 5.32. The maximum Gasteiger partial charge on any atom is 0.422 e. The minimum atomic E-state index is -5.32. The molecule has 0 aromatic heterocycles. The Morgan fingerprint density at radius 2 is 1.63 bits per heavy atom. The quantitative estimate of drug-likeness (QED) is 0.745. The third-order valence-electron chi connectivity index (χ3n) is 1.88. The van der Waals surface area contributed by atoms with Crippen molar-refractivity contribution in [3.05, 3.63) is 0 Å². The van der Waals surface area contributed by atoms with Crippen molar-refractivity contribution >= 4 is 11.9 Å². The lowest BCUT2D eigenvalue weighted by atomic mass is 10.0. The number of amides is 1. The molecule has 1 unspecified atom stereocenters. The fourth-order valence-electron chi connectivity index (χ4n) is 0.820. The number of carboxylic acids is 1. The monoisotopic (exact) mass is 297 g/mol. The molecule has 0 fully saturated rings. The van der Waals surface area contributed by atoms with Crippen LogP contribution in [-0.2, 0) is 14.3 Å². The summed E-state index contributed by atoms with van der Waals surface area (Å²) in [4.78, 5) is 21.4. The smallest absolute Gasteiger partial charge is 0.422 e. The van der Waals surface area contributed by atoms with Gasteiger partial charge in [0.15, 0.2) is 0 Å². The van der Waals surface area contributed by atoms with Gasteiger partial charge in [0.05, 0.1) is 0 Å². The summed E-state index contributed by atoms with van der Waals surface area (Å²) in [7, 11) is 0. The molecule has 0 rings (SSSR count). The molecule has 2 N–H and O–H groups in total. The number of ether oxygens (including phenoxy) is 1. The lowest BCUT2D eigenvalue weighted by molar-refractivity contribution is -0.208. The SMILES string of the molecule is CC(NC(=O)COCC(F)(F)F)(C(=O)O)C(F)(F)F. The molecule has 11 heteroatoms. The zero-order valence-electron chi connectivity index (χ0n) is 9.35. The van der Waals surface area contributed by atoms with Crippen LogP contribution in [0, 0.1) is 0 Å². The molecule has 0 spiro atoms. The van der Waals surface area contributed by atoms with Crippen LogP contribution in [0.2, 0.25) is 0 Å². The summed E-state index contributed by atoms with van der Waals surface area (Å²) >= 11 is 0. The van der Waals surface area contributed by atoms with E-state index in [1.165, 1.54) is 0 Å². The Kier molecular flexibility index (Phi) is 5.18. The standard InChI is InChI=1S/C8H9F6NO4/c1-6(5(17)18,8(12,13)14)15-4(16)2-19-3-7(9,10)11/h2-3H2,1H3,(H,15,16)(H,17,18). The van der Waals surface area contributed by atoms with Crippen LogP contribution >= 0.6 is 0 Å². The highest BCUT2D eigenvalue weighted by molar-refractivity contribution is 5.88. The first kappa shape index (κ1) is 17.5. The van der Waals surface area contributed by atoms with E-state index in [1.54, 1.807) is 0 Å². The molecule has 1 amide bonds. The van der Waals surface area contributed by atoms with Crippen LogP contribution in [-0.4, -0.2) is 48.1 Å². The van der Waals surface area contributed by atoms with Gasteiger partial charge in [-0.15, -0.1) is 0 Å². The second-order valence-corrected chi connectivity index (χ2v) is 3.58. The van der Waals surface area contributed by atoms with Gasteiger partial charge < -0.3 is 15.2 Å². The number of hydrogen-bond donors (Lipinski definition) is 2. The minimum absolute atomic E-state index is 0.164. The summed E-state index contributed by atoms with van der Waals surface area (Å²) in [5, 5.41) is 9.48. The van der Waals surface area contributed by atoms with Gasteiger partial charge in [-0.3, -0.25) is 4.79 Å². The van der Waals surface area contributed by atoms with Crippen LogP contribution in [0.5, 0.6) is 0 Å². The molecule has 112 valence electrons. The van der Waals surface area contributed by atoms with Crippen molar-refractivity contribution < 1.29 is 45.8 Å². The number of carboxylic acid groups (broad SMARTS) is 1. The average molecular weight is 297 g/mol. The van der Waals surface area contributed by atoms with E-state index in [4.69, 9.17) is 5.11 Å². The highest BCUT2D eigenvalue weighted by Crippen LogP contribution is 2.30. The first-order chi connectivity index (χ1) is 8.29. The van der Waals surface area contributed by atoms with E-state index in [0.29, 0.717) is 0 Å². The molecule has 1 atom stereocenters. The summed E-state index contributed by atoms with van der Waals surface area (Å²) in [6, 6.07) is 0. The summed E-state index contributed by atoms with van der Waals surface area (Å²) in [5.41, 5.74) is -3.61. The Balaban J connectivity index is 4.56. The molecule has 0 aliphatic rings. The van der Waals surface area contributed by atoms with Gasteiger partial charge in [-0.05, 0) is 6.92 Å². The number of rotatable bonds is 5. The van der Waals surface area contributed by atoms with E-state index in [-0.39, 0.29) is 6.92 Å². The van der Waals surface area contributed by atoms with Crippen LogP contribution in [0.15, 0.2) is 0 Å². The first-order valence-electron chi connectivity index (χ1n) is 4.55. The molecule has 0 aromatic carbocycles. The minimum Gasteiger partial charge on any atom is -0.479 e. The average Bonchev–Trinajstić information content (AvgIpc) is 2.12. The van der Waals surface area contributed by atoms with Gasteiger partial charge in [-0.2, -0.15) is 26.3 Å². The van der Waals surface area contributed by atoms with E-state index in [0.717, 1.165) is 5.32 Å². The molecule has 0 heterocycles. The molecule has 0 aromatic rings. The van der Waals surface area contributed by atoms with Crippen molar-refractivity contribution in [2.75, 3.05) is 13.2 Å². The van der Waals surface area contributed by atoms with Crippen molar-refractivity contribution in [2.45, 2.75) is 24.8 Å². The van der Waals surface area contributed by atoms with E-state index < -0.39 is 43.0 Å². The van der Waals surface area contributed by atoms with E-state index in [2.05, 4.69) is 4.74 Å². The number of hydrogen-bond acceptors (Lipinski definition) is 3. The predicted molar refractivity (Wildman–Crippen MR) is 47.1 cm³/mol. The Morgan fingerprint density at radius 3 is 1.95 bits per heavy atom. The number of halogens is 6. The van der Waals surface area contributed by atoms with Crippen molar-refractivity contribution in [3.8, 4) is 0 Å². The van der Waals surface area contributed by atoms with Gasteiger partial charge in [0.1, 0.15) is 13.2 Å². The van der Waals surface area contributed by atoms with Crippen LogP contribution in [0.3, 0.4) is 0 Å². The zero-order chi connectivity index (χ0) is 15.5. The molecular formula is C8H9F6NO4. The fraction of sp³-hybridized carbons (Fsp3) is 0.750. The van der Waals surface area contributed by atoms with Crippen molar-refractivity contribution in [1.29, 1.82) is 0 Å². The maximum atomic E-state index is 12.4. The van der Waals surface area contributed by atoms with Gasteiger partial charge in [-0.25, -0.2) is 4.79 Å². The second kappa shape index (κ2) is 5.63. The topological polar surface area (TPSA) is 75.6 Å². The lowest BCUT2D eigenvalue weighted by Gasteiger charge is -2.28. The van der Waals surface area contributed by atoms with Gasteiger partial charge >= 0.3 is 18.3 Å². The van der Waals surface area contributed by atoms with Gasteiger partial charge in [-0.1, -0.05) is 0 Å². The molecule has 5 nitrogen and oxygen atoms in total. The zero-order valence-corrected chi connectivity index (χ0v) is 9.35. The summed E-state index contributed by atoms with van der Waals surface area (Å²) in [6.07, 6.45) is -10.1. The van der Waals surface area contributed by atoms with Crippen LogP contribution < -0.4 is 5.32 Å². The molecule has 0 aliphatic carbocycles. The number of alkyl halides is 6. The van der Waals surface area contributed by atoms with Crippen molar-refractivity contribution in [3.63, 3.8) is 0 Å². The number of carbonyl (C=O) groups excluding carboxylic acids is 1. The normalized spacial score (nSPS) is 15.7. The van der Waals surface area contributed by atoms with E-state index in [9.17, 15) is 35.9 Å². The first-order valence-corrected chi connectivity index (χ1v) is 4.55. The lowest BCUT2D eigenvalue weighted by Crippen LogP contribution is -2.62. The fourth-order valence-corrected chi connectivity index (χ4v) is 0.820. The van der Waals surface area contributed by atoms with Crippen LogP contribution in [0.4, 0.5) is 26.3 Å².